The number of para-hydroxylation sites is 1. The summed E-state index contributed by atoms with van der Waals surface area (Å²) in [5.74, 6) is -0.984. The molecule has 0 fully saturated rings. The number of aryl methyl sites for hydroxylation is 1. The molecule has 0 radical (unpaired) electrons. The Hall–Kier alpha value is -2.70. The van der Waals surface area contributed by atoms with Crippen LogP contribution in [0, 0.1) is 6.92 Å². The van der Waals surface area contributed by atoms with Gasteiger partial charge in [-0.3, -0.25) is 4.68 Å². The van der Waals surface area contributed by atoms with Crippen LogP contribution in [0.1, 0.15) is 21.6 Å². The molecule has 102 valence electrons. The molecule has 0 amide bonds. The molecular formula is C13H13N5O2. The van der Waals surface area contributed by atoms with Gasteiger partial charge in [0, 0.05) is 18.3 Å². The maximum atomic E-state index is 11.3. The zero-order chi connectivity index (χ0) is 14.3. The highest BCUT2D eigenvalue weighted by Crippen LogP contribution is 2.18. The summed E-state index contributed by atoms with van der Waals surface area (Å²) in [6, 6.07) is 4.97. The normalized spacial score (nSPS) is 11.1. The van der Waals surface area contributed by atoms with Gasteiger partial charge in [-0.2, -0.15) is 5.10 Å². The van der Waals surface area contributed by atoms with E-state index in [-0.39, 0.29) is 5.56 Å². The smallest absolute Gasteiger partial charge is 0.337 e. The standard InChI is InChI=1S/C13H13N5O2/c1-8-9(6-14-17(8)2)7-18-12-10(13(19)20)4-3-5-11(12)15-16-18/h3-6H,7H2,1-2H3,(H,19,20). The first kappa shape index (κ1) is 12.3. The summed E-state index contributed by atoms with van der Waals surface area (Å²) in [5.41, 5.74) is 3.31. The molecular weight excluding hydrogens is 258 g/mol. The van der Waals surface area contributed by atoms with Crippen molar-refractivity contribution < 1.29 is 9.90 Å². The molecule has 0 atom stereocenters. The van der Waals surface area contributed by atoms with Crippen molar-refractivity contribution in [3.63, 3.8) is 0 Å². The fourth-order valence-corrected chi connectivity index (χ4v) is 2.17. The third-order valence-electron chi connectivity index (χ3n) is 3.42. The minimum Gasteiger partial charge on any atom is -0.478 e. The van der Waals surface area contributed by atoms with Gasteiger partial charge in [-0.25, -0.2) is 9.48 Å². The average Bonchev–Trinajstić information content (AvgIpc) is 2.97. The molecule has 7 nitrogen and oxygen atoms in total. The summed E-state index contributed by atoms with van der Waals surface area (Å²) in [4.78, 5) is 11.3. The molecule has 2 aromatic heterocycles. The minimum absolute atomic E-state index is 0.203. The van der Waals surface area contributed by atoms with E-state index in [4.69, 9.17) is 0 Å². The fourth-order valence-electron chi connectivity index (χ4n) is 2.17. The number of carboxylic acid groups (broad SMARTS) is 1. The Morgan fingerprint density at radius 1 is 1.40 bits per heavy atom. The van der Waals surface area contributed by atoms with Crippen LogP contribution in [-0.2, 0) is 13.6 Å². The fraction of sp³-hybridized carbons (Fsp3) is 0.231. The number of rotatable bonds is 3. The largest absolute Gasteiger partial charge is 0.478 e. The van der Waals surface area contributed by atoms with E-state index in [1.807, 2.05) is 14.0 Å². The Balaban J connectivity index is 2.13. The van der Waals surface area contributed by atoms with Gasteiger partial charge in [-0.15, -0.1) is 5.10 Å². The van der Waals surface area contributed by atoms with E-state index in [9.17, 15) is 9.90 Å². The predicted octanol–water partition coefficient (Wildman–Crippen LogP) is 1.22. The molecule has 1 N–H and O–H groups in total. The molecule has 0 unspecified atom stereocenters. The Morgan fingerprint density at radius 3 is 2.85 bits per heavy atom. The number of carbonyl (C=O) groups is 1. The molecule has 0 spiro atoms. The number of benzene rings is 1. The van der Waals surface area contributed by atoms with Crippen molar-refractivity contribution in [2.45, 2.75) is 13.5 Å². The van der Waals surface area contributed by atoms with Gasteiger partial charge in [0.25, 0.3) is 0 Å². The number of aromatic carboxylic acids is 1. The monoisotopic (exact) mass is 271 g/mol. The van der Waals surface area contributed by atoms with Crippen LogP contribution in [0.5, 0.6) is 0 Å². The second-order valence-electron chi connectivity index (χ2n) is 4.60. The average molecular weight is 271 g/mol. The van der Waals surface area contributed by atoms with Crippen molar-refractivity contribution in [2.75, 3.05) is 0 Å². The number of hydrogen-bond acceptors (Lipinski definition) is 4. The van der Waals surface area contributed by atoms with Gasteiger partial charge >= 0.3 is 5.97 Å². The first-order valence-electron chi connectivity index (χ1n) is 6.11. The SMILES string of the molecule is Cc1c(Cn2nnc3cccc(C(=O)O)c32)cnn1C. The van der Waals surface area contributed by atoms with Crippen molar-refractivity contribution in [2.24, 2.45) is 7.05 Å². The summed E-state index contributed by atoms with van der Waals surface area (Å²) >= 11 is 0. The first-order chi connectivity index (χ1) is 9.58. The molecule has 0 saturated carbocycles. The second-order valence-corrected chi connectivity index (χ2v) is 4.60. The van der Waals surface area contributed by atoms with Crippen LogP contribution in [0.15, 0.2) is 24.4 Å². The summed E-state index contributed by atoms with van der Waals surface area (Å²) in [7, 11) is 1.86. The Kier molecular flexibility index (Phi) is 2.74. The van der Waals surface area contributed by atoms with E-state index in [1.54, 1.807) is 33.8 Å². The van der Waals surface area contributed by atoms with Crippen LogP contribution in [-0.4, -0.2) is 35.9 Å². The van der Waals surface area contributed by atoms with Gasteiger partial charge in [0.1, 0.15) is 11.0 Å². The molecule has 20 heavy (non-hydrogen) atoms. The molecule has 2 heterocycles. The predicted molar refractivity (Wildman–Crippen MR) is 71.5 cm³/mol. The topological polar surface area (TPSA) is 85.8 Å². The Bertz CT molecular complexity index is 802. The van der Waals surface area contributed by atoms with E-state index in [0.29, 0.717) is 17.6 Å². The van der Waals surface area contributed by atoms with E-state index in [0.717, 1.165) is 11.3 Å². The maximum Gasteiger partial charge on any atom is 0.337 e. The molecule has 7 heteroatoms. The van der Waals surface area contributed by atoms with Crippen molar-refractivity contribution in [1.29, 1.82) is 0 Å². The lowest BCUT2D eigenvalue weighted by atomic mass is 10.2. The van der Waals surface area contributed by atoms with Gasteiger partial charge in [-0.05, 0) is 19.1 Å². The number of hydrogen-bond donors (Lipinski definition) is 1. The van der Waals surface area contributed by atoms with Crippen LogP contribution < -0.4 is 0 Å². The molecule has 0 aliphatic rings. The lowest BCUT2D eigenvalue weighted by Crippen LogP contribution is -2.07. The maximum absolute atomic E-state index is 11.3. The number of nitrogens with zero attached hydrogens (tertiary/aromatic N) is 5. The van der Waals surface area contributed by atoms with E-state index in [2.05, 4.69) is 15.4 Å². The van der Waals surface area contributed by atoms with Crippen molar-refractivity contribution in [3.05, 3.63) is 41.2 Å². The summed E-state index contributed by atoms with van der Waals surface area (Å²) in [5, 5.41) is 21.5. The summed E-state index contributed by atoms with van der Waals surface area (Å²) in [6.45, 7) is 2.40. The van der Waals surface area contributed by atoms with Crippen molar-refractivity contribution in [3.8, 4) is 0 Å². The van der Waals surface area contributed by atoms with Crippen molar-refractivity contribution >= 4 is 17.0 Å². The van der Waals surface area contributed by atoms with Gasteiger partial charge in [0.15, 0.2) is 0 Å². The lowest BCUT2D eigenvalue weighted by molar-refractivity contribution is 0.0698. The van der Waals surface area contributed by atoms with Crippen LogP contribution in [0.2, 0.25) is 0 Å². The van der Waals surface area contributed by atoms with E-state index >= 15 is 0 Å². The zero-order valence-electron chi connectivity index (χ0n) is 11.1. The van der Waals surface area contributed by atoms with Gasteiger partial charge in [0.2, 0.25) is 0 Å². The van der Waals surface area contributed by atoms with E-state index < -0.39 is 5.97 Å². The first-order valence-corrected chi connectivity index (χ1v) is 6.11. The van der Waals surface area contributed by atoms with Gasteiger partial charge in [0.05, 0.1) is 18.3 Å². The highest BCUT2D eigenvalue weighted by Gasteiger charge is 2.15. The Labute approximate surface area is 114 Å². The van der Waals surface area contributed by atoms with Crippen LogP contribution in [0.25, 0.3) is 11.0 Å². The highest BCUT2D eigenvalue weighted by molar-refractivity contribution is 6.00. The molecule has 0 aliphatic carbocycles. The summed E-state index contributed by atoms with van der Waals surface area (Å²) < 4.78 is 3.37. The second kappa shape index (κ2) is 4.44. The zero-order valence-corrected chi connectivity index (χ0v) is 11.1. The quantitative estimate of drug-likeness (QED) is 0.774. The molecule has 0 aliphatic heterocycles. The molecule has 3 rings (SSSR count). The number of aromatic nitrogens is 5. The number of carboxylic acids is 1. The summed E-state index contributed by atoms with van der Waals surface area (Å²) in [6.07, 6.45) is 1.76. The third-order valence-corrected chi connectivity index (χ3v) is 3.42. The Morgan fingerprint density at radius 2 is 2.20 bits per heavy atom. The van der Waals surface area contributed by atoms with E-state index in [1.165, 1.54) is 0 Å². The van der Waals surface area contributed by atoms with Crippen LogP contribution >= 0.6 is 0 Å². The third kappa shape index (κ3) is 1.83. The number of fused-ring (bicyclic) bond motifs is 1. The van der Waals surface area contributed by atoms with Gasteiger partial charge < -0.3 is 5.11 Å². The van der Waals surface area contributed by atoms with Crippen LogP contribution in [0.4, 0.5) is 0 Å². The molecule has 3 aromatic rings. The molecule has 1 aromatic carbocycles. The van der Waals surface area contributed by atoms with Crippen LogP contribution in [0.3, 0.4) is 0 Å². The lowest BCUT2D eigenvalue weighted by Gasteiger charge is -2.04. The molecule has 0 bridgehead atoms. The van der Waals surface area contributed by atoms with Gasteiger partial charge in [-0.1, -0.05) is 11.3 Å². The minimum atomic E-state index is -0.984. The highest BCUT2D eigenvalue weighted by atomic mass is 16.4. The molecule has 0 saturated heterocycles. The van der Waals surface area contributed by atoms with Crippen molar-refractivity contribution in [1.82, 2.24) is 24.8 Å².